The molecule has 0 bridgehead atoms. The largest absolute Gasteiger partial charge is 0.504 e. The van der Waals surface area contributed by atoms with Crippen LogP contribution in [0.1, 0.15) is 17.2 Å². The van der Waals surface area contributed by atoms with Crippen LogP contribution in [0.2, 0.25) is 0 Å². The average Bonchev–Trinajstić information content (AvgIpc) is 2.91. The second kappa shape index (κ2) is 13.0. The quantitative estimate of drug-likeness (QED) is 0.180. The van der Waals surface area contributed by atoms with Gasteiger partial charge >= 0.3 is 0 Å². The molecule has 7 atom stereocenters. The highest BCUT2D eigenvalue weighted by atomic mass is 16.7. The summed E-state index contributed by atoms with van der Waals surface area (Å²) in [5.41, 5.74) is 0.831. The van der Waals surface area contributed by atoms with Crippen LogP contribution >= 0.6 is 0 Å². The van der Waals surface area contributed by atoms with Crippen LogP contribution < -0.4 is 14.2 Å². The molecule has 0 spiro atoms. The van der Waals surface area contributed by atoms with Gasteiger partial charge in [-0.3, -0.25) is 0 Å². The Morgan fingerprint density at radius 2 is 1.70 bits per heavy atom. The zero-order valence-electron chi connectivity index (χ0n) is 20.0. The molecule has 37 heavy (non-hydrogen) atoms. The second-order valence-electron chi connectivity index (χ2n) is 8.32. The van der Waals surface area contributed by atoms with E-state index in [1.807, 2.05) is 0 Å². The molecule has 0 amide bonds. The Morgan fingerprint density at radius 3 is 2.35 bits per heavy atom. The van der Waals surface area contributed by atoms with Gasteiger partial charge in [0.25, 0.3) is 0 Å². The van der Waals surface area contributed by atoms with E-state index >= 15 is 0 Å². The molecule has 2 aromatic rings. The molecule has 0 aromatic heterocycles. The third-order valence-corrected chi connectivity index (χ3v) is 5.83. The van der Waals surface area contributed by atoms with E-state index in [0.29, 0.717) is 5.56 Å². The Kier molecular flexibility index (Phi) is 10.1. The topological polar surface area (TPSA) is 199 Å². The summed E-state index contributed by atoms with van der Waals surface area (Å²) in [6, 6.07) is 8.67. The van der Waals surface area contributed by atoms with Crippen molar-refractivity contribution in [2.24, 2.45) is 0 Å². The monoisotopic (exact) mass is 524 g/mol. The number of benzene rings is 2. The molecule has 1 heterocycles. The van der Waals surface area contributed by atoms with Gasteiger partial charge in [0, 0.05) is 0 Å². The van der Waals surface area contributed by atoms with Gasteiger partial charge in [-0.15, -0.1) is 0 Å². The van der Waals surface area contributed by atoms with Crippen molar-refractivity contribution in [3.8, 4) is 23.0 Å². The number of phenolic OH excluding ortho intramolecular Hbond substituents is 1. The summed E-state index contributed by atoms with van der Waals surface area (Å²) in [5.74, 6) is -0.0399. The fourth-order valence-electron chi connectivity index (χ4n) is 3.75. The summed E-state index contributed by atoms with van der Waals surface area (Å²) >= 11 is 0. The molecule has 3 rings (SSSR count). The number of rotatable bonds is 11. The minimum Gasteiger partial charge on any atom is -0.504 e. The molecule has 12 nitrogen and oxygen atoms in total. The third-order valence-electron chi connectivity index (χ3n) is 5.83. The van der Waals surface area contributed by atoms with Gasteiger partial charge in [-0.25, -0.2) is 0 Å². The minimum absolute atomic E-state index is 0.0157. The normalized spacial score (nSPS) is 25.6. The molecule has 204 valence electrons. The highest BCUT2D eigenvalue weighted by molar-refractivity contribution is 5.56. The molecule has 7 unspecified atom stereocenters. The van der Waals surface area contributed by atoms with Gasteiger partial charge in [0.15, 0.2) is 29.1 Å². The van der Waals surface area contributed by atoms with Crippen molar-refractivity contribution in [2.75, 3.05) is 26.9 Å². The molecule has 1 fully saturated rings. The fraction of sp³-hybridized carbons (Fsp3) is 0.440. The zero-order chi connectivity index (χ0) is 27.1. The summed E-state index contributed by atoms with van der Waals surface area (Å²) in [5, 5.41) is 79.7. The molecule has 0 radical (unpaired) electrons. The van der Waals surface area contributed by atoms with Crippen molar-refractivity contribution in [3.63, 3.8) is 0 Å². The van der Waals surface area contributed by atoms with Gasteiger partial charge < -0.3 is 59.8 Å². The zero-order valence-corrected chi connectivity index (χ0v) is 20.0. The van der Waals surface area contributed by atoms with Crippen LogP contribution in [0.3, 0.4) is 0 Å². The van der Waals surface area contributed by atoms with Gasteiger partial charge in [-0.2, -0.15) is 0 Å². The van der Waals surface area contributed by atoms with Crippen LogP contribution in [0.15, 0.2) is 42.5 Å². The molecule has 1 aliphatic rings. The number of aliphatic hydroxyl groups is 7. The van der Waals surface area contributed by atoms with Gasteiger partial charge in [0.2, 0.25) is 6.29 Å². The van der Waals surface area contributed by atoms with Crippen LogP contribution in [0.5, 0.6) is 23.0 Å². The van der Waals surface area contributed by atoms with Gasteiger partial charge in [0.1, 0.15) is 30.5 Å². The smallest absolute Gasteiger partial charge is 0.229 e. The second-order valence-corrected chi connectivity index (χ2v) is 8.32. The molecule has 0 saturated carbocycles. The lowest BCUT2D eigenvalue weighted by atomic mass is 9.99. The summed E-state index contributed by atoms with van der Waals surface area (Å²) < 4.78 is 22.1. The number of aliphatic hydroxyl groups excluding tert-OH is 7. The molecule has 0 aliphatic carbocycles. The third kappa shape index (κ3) is 6.69. The Labute approximate surface area is 212 Å². The molecule has 1 aliphatic heterocycles. The van der Waals surface area contributed by atoms with Crippen molar-refractivity contribution >= 4 is 6.08 Å². The van der Waals surface area contributed by atoms with Gasteiger partial charge in [0.05, 0.1) is 26.9 Å². The van der Waals surface area contributed by atoms with Crippen molar-refractivity contribution in [1.29, 1.82) is 0 Å². The van der Waals surface area contributed by atoms with E-state index in [-0.39, 0.29) is 35.2 Å². The van der Waals surface area contributed by atoms with Crippen molar-refractivity contribution in [1.82, 2.24) is 0 Å². The number of aromatic hydroxyl groups is 1. The maximum Gasteiger partial charge on any atom is 0.229 e. The first-order valence-corrected chi connectivity index (χ1v) is 11.4. The van der Waals surface area contributed by atoms with E-state index in [9.17, 15) is 35.7 Å². The SMILES string of the molecule is COc1cc(C(O)C(CO)Oc2ccc(C=CCO)cc2OC2OC(CO)C(O)C(O)C2O)ccc1O. The Morgan fingerprint density at radius 1 is 0.946 bits per heavy atom. The molecule has 8 N–H and O–H groups in total. The van der Waals surface area contributed by atoms with Crippen molar-refractivity contribution in [2.45, 2.75) is 42.9 Å². The lowest BCUT2D eigenvalue weighted by Crippen LogP contribution is -2.60. The van der Waals surface area contributed by atoms with Crippen LogP contribution in [0, 0.1) is 0 Å². The summed E-state index contributed by atoms with van der Waals surface area (Å²) in [4.78, 5) is 0. The summed E-state index contributed by atoms with van der Waals surface area (Å²) in [7, 11) is 1.35. The highest BCUT2D eigenvalue weighted by Gasteiger charge is 2.45. The van der Waals surface area contributed by atoms with E-state index in [0.717, 1.165) is 0 Å². The first-order valence-electron chi connectivity index (χ1n) is 11.4. The predicted molar refractivity (Wildman–Crippen MR) is 128 cm³/mol. The van der Waals surface area contributed by atoms with E-state index in [1.165, 1.54) is 43.5 Å². The Hall–Kier alpha value is -2.94. The van der Waals surface area contributed by atoms with E-state index in [2.05, 4.69) is 0 Å². The summed E-state index contributed by atoms with van der Waals surface area (Å²) in [6.07, 6.45) is -7.21. The van der Waals surface area contributed by atoms with Crippen molar-refractivity contribution in [3.05, 3.63) is 53.6 Å². The summed E-state index contributed by atoms with van der Waals surface area (Å²) in [6.45, 7) is -1.51. The molecular formula is C25H32O12. The van der Waals surface area contributed by atoms with E-state index in [4.69, 9.17) is 24.1 Å². The van der Waals surface area contributed by atoms with Gasteiger partial charge in [-0.05, 0) is 35.4 Å². The van der Waals surface area contributed by atoms with Crippen LogP contribution in [-0.2, 0) is 4.74 Å². The Bertz CT molecular complexity index is 1040. The number of hydrogen-bond acceptors (Lipinski definition) is 12. The first kappa shape index (κ1) is 28.6. The average molecular weight is 525 g/mol. The number of methoxy groups -OCH3 is 1. The van der Waals surface area contributed by atoms with E-state index in [1.54, 1.807) is 12.1 Å². The maximum atomic E-state index is 10.9. The maximum absolute atomic E-state index is 10.9. The van der Waals surface area contributed by atoms with Crippen LogP contribution in [0.4, 0.5) is 0 Å². The fourth-order valence-corrected chi connectivity index (χ4v) is 3.75. The molecule has 1 saturated heterocycles. The number of phenols is 1. The van der Waals surface area contributed by atoms with Crippen LogP contribution in [0.25, 0.3) is 6.08 Å². The lowest BCUT2D eigenvalue weighted by Gasteiger charge is -2.39. The van der Waals surface area contributed by atoms with Crippen molar-refractivity contribution < 1.29 is 59.8 Å². The van der Waals surface area contributed by atoms with Crippen LogP contribution in [-0.4, -0.2) is 105 Å². The van der Waals surface area contributed by atoms with E-state index < -0.39 is 56.1 Å². The first-order chi connectivity index (χ1) is 17.7. The highest BCUT2D eigenvalue weighted by Crippen LogP contribution is 2.36. The predicted octanol–water partition coefficient (Wildman–Crippen LogP) is -0.942. The van der Waals surface area contributed by atoms with Gasteiger partial charge in [-0.1, -0.05) is 24.3 Å². The number of hydrogen-bond donors (Lipinski definition) is 8. The molecule has 12 heteroatoms. The standard InChI is InChI=1S/C25H32O12/c1-34-17-10-14(5-6-15(17)29)21(30)19(11-27)35-16-7-4-13(3-2-8-26)9-18(16)36-25-24(33)23(32)22(31)20(12-28)37-25/h2-7,9-10,19-33H,8,11-12H2,1H3. The lowest BCUT2D eigenvalue weighted by molar-refractivity contribution is -0.277. The molecular weight excluding hydrogens is 492 g/mol. The molecule has 2 aromatic carbocycles. The Balaban J connectivity index is 1.91. The number of ether oxygens (including phenoxy) is 4. The minimum atomic E-state index is -1.69.